The lowest BCUT2D eigenvalue weighted by molar-refractivity contribution is -0.166. The number of ether oxygens (including phenoxy) is 2. The molecule has 2 saturated heterocycles. The molecule has 0 saturated carbocycles. The third-order valence-corrected chi connectivity index (χ3v) is 6.31. The summed E-state index contributed by atoms with van der Waals surface area (Å²) < 4.78 is 10.8. The first-order valence-electron chi connectivity index (χ1n) is 10.7. The van der Waals surface area contributed by atoms with Gasteiger partial charge in [0.2, 0.25) is 5.91 Å². The summed E-state index contributed by atoms with van der Waals surface area (Å²) in [5, 5.41) is 0. The van der Waals surface area contributed by atoms with Gasteiger partial charge in [0.05, 0.1) is 13.2 Å². The Kier molecular flexibility index (Phi) is 7.54. The molecule has 0 unspecified atom stereocenters. The highest BCUT2D eigenvalue weighted by Gasteiger charge is 2.37. The van der Waals surface area contributed by atoms with E-state index in [0.717, 1.165) is 38.8 Å². The van der Waals surface area contributed by atoms with Gasteiger partial charge < -0.3 is 19.3 Å². The van der Waals surface area contributed by atoms with Crippen LogP contribution in [0.1, 0.15) is 67.2 Å². The van der Waals surface area contributed by atoms with Crippen LogP contribution in [0.25, 0.3) is 0 Å². The van der Waals surface area contributed by atoms with Crippen LogP contribution < -0.4 is 0 Å². The predicted octanol–water partition coefficient (Wildman–Crippen LogP) is 3.10. The molecule has 2 rings (SSSR count). The maximum Gasteiger partial charge on any atom is 0.254 e. The van der Waals surface area contributed by atoms with Crippen LogP contribution in [-0.2, 0) is 19.1 Å². The number of carbonyl (C=O) groups excluding carboxylic acids is 2. The molecule has 0 N–H and O–H groups in total. The monoisotopic (exact) mass is 396 g/mol. The Hall–Kier alpha value is -1.14. The molecular formula is C22H40N2O4. The first-order valence-corrected chi connectivity index (χ1v) is 10.7. The molecule has 0 aromatic rings. The summed E-state index contributed by atoms with van der Waals surface area (Å²) >= 11 is 0. The fraction of sp³-hybridized carbons (Fsp3) is 0.909. The van der Waals surface area contributed by atoms with E-state index < -0.39 is 5.60 Å². The lowest BCUT2D eigenvalue weighted by Gasteiger charge is -2.39. The van der Waals surface area contributed by atoms with E-state index in [1.54, 1.807) is 0 Å². The topological polar surface area (TPSA) is 59.1 Å². The molecule has 28 heavy (non-hydrogen) atoms. The van der Waals surface area contributed by atoms with Gasteiger partial charge in [0.1, 0.15) is 12.2 Å². The molecule has 6 nitrogen and oxygen atoms in total. The number of amides is 2. The highest BCUT2D eigenvalue weighted by Crippen LogP contribution is 2.36. The number of morpholine rings is 2. The van der Waals surface area contributed by atoms with Gasteiger partial charge in [0.25, 0.3) is 5.91 Å². The minimum absolute atomic E-state index is 0.102. The molecule has 0 aromatic heterocycles. The van der Waals surface area contributed by atoms with Crippen LogP contribution >= 0.6 is 0 Å². The third kappa shape index (κ3) is 6.73. The average Bonchev–Trinajstić information content (AvgIpc) is 2.61. The lowest BCUT2D eigenvalue weighted by Crippen LogP contribution is -2.53. The third-order valence-electron chi connectivity index (χ3n) is 6.31. The van der Waals surface area contributed by atoms with Crippen molar-refractivity contribution in [1.82, 2.24) is 9.80 Å². The summed E-state index contributed by atoms with van der Waals surface area (Å²) in [6.07, 6.45) is 4.22. The molecule has 0 atom stereocenters. The van der Waals surface area contributed by atoms with Crippen LogP contribution in [-0.4, -0.2) is 73.2 Å². The minimum Gasteiger partial charge on any atom is -0.370 e. The quantitative estimate of drug-likeness (QED) is 0.601. The summed E-state index contributed by atoms with van der Waals surface area (Å²) in [7, 11) is 0. The van der Waals surface area contributed by atoms with E-state index in [4.69, 9.17) is 9.47 Å². The molecule has 6 heteroatoms. The van der Waals surface area contributed by atoms with E-state index in [-0.39, 0.29) is 29.3 Å². The number of rotatable bonds is 9. The highest BCUT2D eigenvalue weighted by atomic mass is 16.5. The second-order valence-corrected chi connectivity index (χ2v) is 10.4. The number of hydrogen-bond donors (Lipinski definition) is 0. The Morgan fingerprint density at radius 2 is 1.39 bits per heavy atom. The Morgan fingerprint density at radius 1 is 0.857 bits per heavy atom. The van der Waals surface area contributed by atoms with Crippen LogP contribution in [0.15, 0.2) is 0 Å². The zero-order chi connectivity index (χ0) is 21.0. The Bertz CT molecular complexity index is 557. The van der Waals surface area contributed by atoms with Gasteiger partial charge in [-0.05, 0) is 50.4 Å². The van der Waals surface area contributed by atoms with Gasteiger partial charge in [0, 0.05) is 26.2 Å². The smallest absolute Gasteiger partial charge is 0.254 e. The SMILES string of the molecule is CC(C)(CCN1CCOCC1=O)CCC(C)(C)CCN1CCOC(C)(C)C1=O. The van der Waals surface area contributed by atoms with Crippen molar-refractivity contribution in [2.24, 2.45) is 10.8 Å². The molecular weight excluding hydrogens is 356 g/mol. The number of carbonyl (C=O) groups is 2. The van der Waals surface area contributed by atoms with Crippen LogP contribution in [0.3, 0.4) is 0 Å². The van der Waals surface area contributed by atoms with E-state index in [2.05, 4.69) is 27.7 Å². The summed E-state index contributed by atoms with van der Waals surface area (Å²) in [5.41, 5.74) is -0.331. The van der Waals surface area contributed by atoms with Crippen LogP contribution in [0.4, 0.5) is 0 Å². The second-order valence-electron chi connectivity index (χ2n) is 10.4. The molecule has 2 aliphatic heterocycles. The highest BCUT2D eigenvalue weighted by molar-refractivity contribution is 5.85. The normalized spacial score (nSPS) is 21.4. The number of nitrogens with zero attached hydrogens (tertiary/aromatic N) is 2. The van der Waals surface area contributed by atoms with E-state index >= 15 is 0 Å². The van der Waals surface area contributed by atoms with E-state index in [9.17, 15) is 9.59 Å². The largest absolute Gasteiger partial charge is 0.370 e. The van der Waals surface area contributed by atoms with Crippen LogP contribution in [0.2, 0.25) is 0 Å². The van der Waals surface area contributed by atoms with Crippen molar-refractivity contribution in [3.63, 3.8) is 0 Å². The second kappa shape index (κ2) is 9.12. The van der Waals surface area contributed by atoms with Crippen molar-refractivity contribution < 1.29 is 19.1 Å². The fourth-order valence-electron chi connectivity index (χ4n) is 3.76. The van der Waals surface area contributed by atoms with Gasteiger partial charge >= 0.3 is 0 Å². The van der Waals surface area contributed by atoms with Gasteiger partial charge in [0.15, 0.2) is 0 Å². The Balaban J connectivity index is 1.76. The van der Waals surface area contributed by atoms with Crippen molar-refractivity contribution >= 4 is 11.8 Å². The summed E-state index contributed by atoms with van der Waals surface area (Å²) in [4.78, 5) is 28.3. The average molecular weight is 397 g/mol. The zero-order valence-electron chi connectivity index (χ0n) is 18.8. The van der Waals surface area contributed by atoms with Crippen molar-refractivity contribution in [3.05, 3.63) is 0 Å². The molecule has 0 spiro atoms. The van der Waals surface area contributed by atoms with Gasteiger partial charge in [-0.2, -0.15) is 0 Å². The predicted molar refractivity (Wildman–Crippen MR) is 110 cm³/mol. The van der Waals surface area contributed by atoms with Crippen molar-refractivity contribution in [1.29, 1.82) is 0 Å². The van der Waals surface area contributed by atoms with Gasteiger partial charge in [-0.15, -0.1) is 0 Å². The molecule has 0 bridgehead atoms. The van der Waals surface area contributed by atoms with Crippen molar-refractivity contribution in [2.75, 3.05) is 46.0 Å². The molecule has 162 valence electrons. The van der Waals surface area contributed by atoms with Crippen LogP contribution in [0.5, 0.6) is 0 Å². The van der Waals surface area contributed by atoms with E-state index in [1.165, 1.54) is 0 Å². The maximum atomic E-state index is 12.5. The molecule has 0 aromatic carbocycles. The standard InChI is InChI=1S/C22H40N2O4/c1-20(2,9-11-23-13-15-27-17-18(23)25)7-8-21(3,4)10-12-24-14-16-28-22(5,6)19(24)26/h7-17H2,1-6H3. The van der Waals surface area contributed by atoms with Gasteiger partial charge in [-0.1, -0.05) is 27.7 Å². The van der Waals surface area contributed by atoms with Gasteiger partial charge in [-0.3, -0.25) is 9.59 Å². The minimum atomic E-state index is -0.693. The fourth-order valence-corrected chi connectivity index (χ4v) is 3.76. The van der Waals surface area contributed by atoms with Crippen LogP contribution in [0, 0.1) is 10.8 Å². The summed E-state index contributed by atoms with van der Waals surface area (Å²) in [5.74, 6) is 0.213. The molecule has 2 fully saturated rings. The van der Waals surface area contributed by atoms with Crippen molar-refractivity contribution in [3.8, 4) is 0 Å². The first-order chi connectivity index (χ1) is 12.9. The molecule has 0 radical (unpaired) electrons. The zero-order valence-corrected chi connectivity index (χ0v) is 18.8. The lowest BCUT2D eigenvalue weighted by atomic mass is 9.76. The number of hydrogen-bond acceptors (Lipinski definition) is 4. The maximum absolute atomic E-state index is 12.5. The first kappa shape index (κ1) is 23.1. The summed E-state index contributed by atoms with van der Waals surface area (Å²) in [6, 6.07) is 0. The molecule has 2 heterocycles. The van der Waals surface area contributed by atoms with Gasteiger partial charge in [-0.25, -0.2) is 0 Å². The Labute approximate surface area is 170 Å². The van der Waals surface area contributed by atoms with E-state index in [1.807, 2.05) is 23.6 Å². The molecule has 0 aliphatic carbocycles. The summed E-state index contributed by atoms with van der Waals surface area (Å²) in [6.45, 7) is 17.4. The Morgan fingerprint density at radius 3 is 1.96 bits per heavy atom. The van der Waals surface area contributed by atoms with E-state index in [0.29, 0.717) is 26.3 Å². The molecule has 2 amide bonds. The van der Waals surface area contributed by atoms with Crippen molar-refractivity contribution in [2.45, 2.75) is 72.8 Å². The molecule has 2 aliphatic rings.